The fraction of sp³-hybridized carbons (Fsp3) is 0.727. The van der Waals surface area contributed by atoms with Gasteiger partial charge in [-0.25, -0.2) is 0 Å². The SMILES string of the molecule is CC1CCCC(N(C)C(=O)c2nc(N)n[nH]2)C1. The Morgan fingerprint density at radius 3 is 2.88 bits per heavy atom. The van der Waals surface area contributed by atoms with Crippen LogP contribution in [0, 0.1) is 5.92 Å². The van der Waals surface area contributed by atoms with E-state index in [-0.39, 0.29) is 17.7 Å². The van der Waals surface area contributed by atoms with Crippen LogP contribution >= 0.6 is 0 Å². The molecule has 1 amide bonds. The quantitative estimate of drug-likeness (QED) is 0.804. The number of anilines is 1. The number of nitrogen functional groups attached to an aromatic ring is 1. The van der Waals surface area contributed by atoms with Crippen LogP contribution in [-0.2, 0) is 0 Å². The number of nitrogens with zero attached hydrogens (tertiary/aromatic N) is 3. The summed E-state index contributed by atoms with van der Waals surface area (Å²) in [5.74, 6) is 0.888. The summed E-state index contributed by atoms with van der Waals surface area (Å²) in [6, 6.07) is 0.303. The van der Waals surface area contributed by atoms with Crippen molar-refractivity contribution in [1.29, 1.82) is 0 Å². The molecule has 1 fully saturated rings. The number of carbonyl (C=O) groups is 1. The molecule has 17 heavy (non-hydrogen) atoms. The molecule has 1 aliphatic rings. The number of amides is 1. The lowest BCUT2D eigenvalue weighted by Gasteiger charge is -2.33. The van der Waals surface area contributed by atoms with Gasteiger partial charge in [0.1, 0.15) is 0 Å². The summed E-state index contributed by atoms with van der Waals surface area (Å²) < 4.78 is 0. The highest BCUT2D eigenvalue weighted by atomic mass is 16.2. The van der Waals surface area contributed by atoms with Crippen molar-refractivity contribution < 1.29 is 4.79 Å². The van der Waals surface area contributed by atoms with Gasteiger partial charge in [-0.15, -0.1) is 5.10 Å². The van der Waals surface area contributed by atoms with Crippen LogP contribution in [0.25, 0.3) is 0 Å². The molecule has 1 aromatic heterocycles. The largest absolute Gasteiger partial charge is 0.366 e. The molecule has 6 heteroatoms. The Kier molecular flexibility index (Phi) is 3.31. The lowest BCUT2D eigenvalue weighted by atomic mass is 9.86. The lowest BCUT2D eigenvalue weighted by Crippen LogP contribution is -2.40. The summed E-state index contributed by atoms with van der Waals surface area (Å²) in [6.45, 7) is 2.23. The molecule has 1 saturated carbocycles. The van der Waals surface area contributed by atoms with Crippen molar-refractivity contribution in [3.05, 3.63) is 5.82 Å². The summed E-state index contributed by atoms with van der Waals surface area (Å²) in [6.07, 6.45) is 4.57. The average Bonchev–Trinajstić information content (AvgIpc) is 2.74. The molecule has 2 rings (SSSR count). The minimum Gasteiger partial charge on any atom is -0.366 e. The first kappa shape index (κ1) is 11.9. The number of hydrogen-bond acceptors (Lipinski definition) is 4. The van der Waals surface area contributed by atoms with Gasteiger partial charge in [0.2, 0.25) is 11.8 Å². The summed E-state index contributed by atoms with van der Waals surface area (Å²) in [5, 5.41) is 6.23. The lowest BCUT2D eigenvalue weighted by molar-refractivity contribution is 0.0660. The Morgan fingerprint density at radius 2 is 2.29 bits per heavy atom. The third kappa shape index (κ3) is 2.57. The van der Waals surface area contributed by atoms with Gasteiger partial charge in [0.15, 0.2) is 0 Å². The Labute approximate surface area is 101 Å². The Bertz CT molecular complexity index is 402. The van der Waals surface area contributed by atoms with Crippen molar-refractivity contribution in [3.8, 4) is 0 Å². The van der Waals surface area contributed by atoms with Crippen LogP contribution < -0.4 is 5.73 Å². The first-order valence-electron chi connectivity index (χ1n) is 6.03. The van der Waals surface area contributed by atoms with Gasteiger partial charge in [-0.05, 0) is 18.8 Å². The van der Waals surface area contributed by atoms with Gasteiger partial charge in [-0.1, -0.05) is 19.8 Å². The first-order chi connectivity index (χ1) is 8.08. The van der Waals surface area contributed by atoms with Crippen LogP contribution in [0.2, 0.25) is 0 Å². The second-order valence-electron chi connectivity index (χ2n) is 4.88. The number of aromatic nitrogens is 3. The van der Waals surface area contributed by atoms with Gasteiger partial charge >= 0.3 is 0 Å². The molecular formula is C11H19N5O. The summed E-state index contributed by atoms with van der Waals surface area (Å²) in [5.41, 5.74) is 5.39. The normalized spacial score (nSPS) is 24.6. The number of hydrogen-bond donors (Lipinski definition) is 2. The van der Waals surface area contributed by atoms with Crippen molar-refractivity contribution in [2.75, 3.05) is 12.8 Å². The minimum atomic E-state index is -0.131. The standard InChI is InChI=1S/C11H19N5O/c1-7-4-3-5-8(6-7)16(2)10(17)9-13-11(12)15-14-9/h7-8H,3-6H2,1-2H3,(H3,12,13,14,15). The fourth-order valence-electron chi connectivity index (χ4n) is 2.46. The van der Waals surface area contributed by atoms with E-state index < -0.39 is 0 Å². The van der Waals surface area contributed by atoms with E-state index in [1.54, 1.807) is 4.90 Å². The summed E-state index contributed by atoms with van der Waals surface area (Å²) in [4.78, 5) is 17.7. The molecule has 1 heterocycles. The monoisotopic (exact) mass is 237 g/mol. The van der Waals surface area contributed by atoms with E-state index in [0.717, 1.165) is 12.8 Å². The Balaban J connectivity index is 2.04. The van der Waals surface area contributed by atoms with Crippen molar-refractivity contribution in [2.45, 2.75) is 38.6 Å². The second kappa shape index (κ2) is 4.73. The van der Waals surface area contributed by atoms with E-state index in [2.05, 4.69) is 22.1 Å². The van der Waals surface area contributed by atoms with Gasteiger partial charge in [0, 0.05) is 13.1 Å². The highest BCUT2D eigenvalue weighted by Crippen LogP contribution is 2.27. The third-order valence-electron chi connectivity index (χ3n) is 3.48. The van der Waals surface area contributed by atoms with E-state index in [0.29, 0.717) is 12.0 Å². The zero-order valence-corrected chi connectivity index (χ0v) is 10.3. The molecule has 2 unspecified atom stereocenters. The zero-order chi connectivity index (χ0) is 12.4. The number of H-pyrrole nitrogens is 1. The van der Waals surface area contributed by atoms with Crippen LogP contribution in [-0.4, -0.2) is 39.1 Å². The van der Waals surface area contributed by atoms with E-state index in [4.69, 9.17) is 5.73 Å². The van der Waals surface area contributed by atoms with E-state index >= 15 is 0 Å². The molecule has 0 aliphatic heterocycles. The van der Waals surface area contributed by atoms with Crippen LogP contribution in [0.3, 0.4) is 0 Å². The molecule has 6 nitrogen and oxygen atoms in total. The number of nitrogens with one attached hydrogen (secondary N) is 1. The van der Waals surface area contributed by atoms with Gasteiger partial charge in [0.05, 0.1) is 0 Å². The van der Waals surface area contributed by atoms with Gasteiger partial charge in [0.25, 0.3) is 5.91 Å². The highest BCUT2D eigenvalue weighted by molar-refractivity contribution is 5.90. The maximum Gasteiger partial charge on any atom is 0.291 e. The van der Waals surface area contributed by atoms with Crippen LogP contribution in [0.1, 0.15) is 43.2 Å². The van der Waals surface area contributed by atoms with Crippen molar-refractivity contribution in [3.63, 3.8) is 0 Å². The fourth-order valence-corrected chi connectivity index (χ4v) is 2.46. The predicted molar refractivity (Wildman–Crippen MR) is 64.3 cm³/mol. The van der Waals surface area contributed by atoms with Crippen LogP contribution in [0.4, 0.5) is 5.95 Å². The Hall–Kier alpha value is -1.59. The van der Waals surface area contributed by atoms with E-state index in [1.807, 2.05) is 7.05 Å². The maximum atomic E-state index is 12.1. The van der Waals surface area contributed by atoms with Gasteiger partial charge in [-0.3, -0.25) is 9.89 Å². The van der Waals surface area contributed by atoms with E-state index in [1.165, 1.54) is 12.8 Å². The number of nitrogens with two attached hydrogens (primary N) is 1. The van der Waals surface area contributed by atoms with Crippen molar-refractivity contribution >= 4 is 11.9 Å². The second-order valence-corrected chi connectivity index (χ2v) is 4.88. The minimum absolute atomic E-state index is 0.110. The number of aromatic amines is 1. The van der Waals surface area contributed by atoms with Crippen LogP contribution in [0.5, 0.6) is 0 Å². The number of carbonyl (C=O) groups excluding carboxylic acids is 1. The van der Waals surface area contributed by atoms with Gasteiger partial charge < -0.3 is 10.6 Å². The molecule has 0 saturated heterocycles. The molecule has 94 valence electrons. The summed E-state index contributed by atoms with van der Waals surface area (Å²) in [7, 11) is 1.82. The molecule has 0 radical (unpaired) electrons. The molecule has 1 aromatic rings. The first-order valence-corrected chi connectivity index (χ1v) is 6.03. The van der Waals surface area contributed by atoms with E-state index in [9.17, 15) is 4.79 Å². The molecule has 1 aliphatic carbocycles. The molecule has 3 N–H and O–H groups in total. The Morgan fingerprint density at radius 1 is 1.53 bits per heavy atom. The molecule has 2 atom stereocenters. The maximum absolute atomic E-state index is 12.1. The van der Waals surface area contributed by atoms with Crippen molar-refractivity contribution in [2.24, 2.45) is 5.92 Å². The molecular weight excluding hydrogens is 218 g/mol. The smallest absolute Gasteiger partial charge is 0.291 e. The summed E-state index contributed by atoms with van der Waals surface area (Å²) >= 11 is 0. The topological polar surface area (TPSA) is 87.9 Å². The molecule has 0 bridgehead atoms. The average molecular weight is 237 g/mol. The predicted octanol–water partition coefficient (Wildman–Crippen LogP) is 1.04. The third-order valence-corrected chi connectivity index (χ3v) is 3.48. The van der Waals surface area contributed by atoms with Gasteiger partial charge in [-0.2, -0.15) is 4.98 Å². The zero-order valence-electron chi connectivity index (χ0n) is 10.3. The van der Waals surface area contributed by atoms with Crippen LogP contribution in [0.15, 0.2) is 0 Å². The van der Waals surface area contributed by atoms with Crippen molar-refractivity contribution in [1.82, 2.24) is 20.1 Å². The number of rotatable bonds is 2. The molecule has 0 aromatic carbocycles. The molecule has 0 spiro atoms. The highest BCUT2D eigenvalue weighted by Gasteiger charge is 2.27.